The molecule has 0 unspecified atom stereocenters. The van der Waals surface area contributed by atoms with Crippen LogP contribution in [0.2, 0.25) is 0 Å². The Labute approximate surface area is 230 Å². The molecule has 1 heterocycles. The summed E-state index contributed by atoms with van der Waals surface area (Å²) in [6.45, 7) is 8.54. The molecular weight excluding hydrogens is 494 g/mol. The molecule has 2 bridgehead atoms. The second kappa shape index (κ2) is 10.7. The SMILES string of the molecule is C[C@@H]1[C@@H](NC(=O)[C@@H]2[C@H]([C@H](C)O)[C@H](CO)ON2Cc2cccc(-c3cccc(C(N)=O)c3)c2)C[C@@H]2C[C@H]1C2(C)C. The molecule has 3 saturated carbocycles. The first-order chi connectivity index (χ1) is 18.5. The molecule has 210 valence electrons. The van der Waals surface area contributed by atoms with Gasteiger partial charge in [0.1, 0.15) is 12.1 Å². The first-order valence-electron chi connectivity index (χ1n) is 14.0. The minimum atomic E-state index is -0.845. The molecule has 0 spiro atoms. The van der Waals surface area contributed by atoms with E-state index >= 15 is 0 Å². The number of nitrogens with two attached hydrogens (primary N) is 1. The molecule has 0 radical (unpaired) electrons. The number of nitrogens with zero attached hydrogens (tertiary/aromatic N) is 1. The molecule has 1 saturated heterocycles. The lowest BCUT2D eigenvalue weighted by Gasteiger charge is -2.62. The van der Waals surface area contributed by atoms with E-state index in [1.54, 1.807) is 30.2 Å². The number of benzene rings is 2. The summed E-state index contributed by atoms with van der Waals surface area (Å²) < 4.78 is 0. The van der Waals surface area contributed by atoms with Gasteiger partial charge in [0.25, 0.3) is 0 Å². The maximum absolute atomic E-state index is 13.8. The van der Waals surface area contributed by atoms with Gasteiger partial charge in [0, 0.05) is 17.5 Å². The van der Waals surface area contributed by atoms with E-state index in [-0.39, 0.29) is 18.6 Å². The molecule has 5 N–H and O–H groups in total. The number of primary amides is 1. The number of hydrogen-bond donors (Lipinski definition) is 4. The van der Waals surface area contributed by atoms with E-state index in [1.165, 1.54) is 6.42 Å². The molecule has 0 aromatic heterocycles. The van der Waals surface area contributed by atoms with Crippen LogP contribution in [0.1, 0.15) is 56.5 Å². The zero-order valence-corrected chi connectivity index (χ0v) is 23.2. The second-order valence-electron chi connectivity index (χ2n) is 12.4. The molecule has 8 heteroatoms. The van der Waals surface area contributed by atoms with E-state index in [1.807, 2.05) is 30.3 Å². The van der Waals surface area contributed by atoms with Crippen molar-refractivity contribution in [3.63, 3.8) is 0 Å². The van der Waals surface area contributed by atoms with Crippen LogP contribution in [-0.4, -0.2) is 58.0 Å². The summed E-state index contributed by atoms with van der Waals surface area (Å²) in [6, 6.07) is 14.3. The molecule has 4 aliphatic rings. The third-order valence-electron chi connectivity index (χ3n) is 9.81. The number of rotatable bonds is 8. The number of amides is 2. The standard InChI is InChI=1S/C31H41N3O5/c1-17-24-13-23(31(24,3)4)14-25(17)33-30(38)28-27(18(2)36)26(16-35)39-34(28)15-19-7-5-8-20(11-19)21-9-6-10-22(12-21)29(32)37/h5-12,17-18,23-28,35-36H,13-16H2,1-4H3,(H2,32,37)(H,33,38)/t17-,18-,23-,24+,25-,26-,27+,28-/m0/s1. The van der Waals surface area contributed by atoms with Crippen molar-refractivity contribution in [2.45, 2.75) is 71.4 Å². The Hall–Kier alpha value is -2.78. The summed E-state index contributed by atoms with van der Waals surface area (Å²) in [5.74, 6) is 0.337. The maximum atomic E-state index is 13.8. The Morgan fingerprint density at radius 1 is 1.15 bits per heavy atom. The van der Waals surface area contributed by atoms with E-state index in [2.05, 4.69) is 26.1 Å². The number of hydroxylamine groups is 2. The van der Waals surface area contributed by atoms with Gasteiger partial charge in [0.05, 0.1) is 19.3 Å². The second-order valence-corrected chi connectivity index (χ2v) is 12.4. The summed E-state index contributed by atoms with van der Waals surface area (Å²) >= 11 is 0. The van der Waals surface area contributed by atoms with Crippen LogP contribution >= 0.6 is 0 Å². The predicted octanol–water partition coefficient (Wildman–Crippen LogP) is 3.11. The number of carbonyl (C=O) groups is 2. The van der Waals surface area contributed by atoms with E-state index in [4.69, 9.17) is 10.6 Å². The predicted molar refractivity (Wildman–Crippen MR) is 148 cm³/mol. The zero-order valence-electron chi connectivity index (χ0n) is 23.2. The summed E-state index contributed by atoms with van der Waals surface area (Å²) in [7, 11) is 0. The number of aliphatic hydroxyl groups is 2. The minimum Gasteiger partial charge on any atom is -0.394 e. The normalized spacial score (nSPS) is 32.3. The molecule has 2 aromatic rings. The lowest BCUT2D eigenvalue weighted by Crippen LogP contribution is -2.62. The number of fused-ring (bicyclic) bond motifs is 2. The van der Waals surface area contributed by atoms with Crippen molar-refractivity contribution in [1.82, 2.24) is 10.4 Å². The van der Waals surface area contributed by atoms with Crippen molar-refractivity contribution in [1.29, 1.82) is 0 Å². The van der Waals surface area contributed by atoms with Crippen LogP contribution in [0.5, 0.6) is 0 Å². The molecule has 6 rings (SSSR count). The summed E-state index contributed by atoms with van der Waals surface area (Å²) in [5.41, 5.74) is 8.86. The first-order valence-corrected chi connectivity index (χ1v) is 14.0. The van der Waals surface area contributed by atoms with Gasteiger partial charge in [-0.1, -0.05) is 51.1 Å². The largest absolute Gasteiger partial charge is 0.394 e. The number of hydrogen-bond acceptors (Lipinski definition) is 6. The van der Waals surface area contributed by atoms with Crippen molar-refractivity contribution in [3.05, 3.63) is 59.7 Å². The highest BCUT2D eigenvalue weighted by atomic mass is 16.7. The first kappa shape index (κ1) is 27.8. The summed E-state index contributed by atoms with van der Waals surface area (Å²) in [5, 5.41) is 25.6. The van der Waals surface area contributed by atoms with Crippen molar-refractivity contribution in [2.75, 3.05) is 6.61 Å². The Morgan fingerprint density at radius 3 is 2.46 bits per heavy atom. The number of nitrogens with one attached hydrogen (secondary N) is 1. The maximum Gasteiger partial charge on any atom is 0.248 e. The number of aliphatic hydroxyl groups excluding tert-OH is 2. The van der Waals surface area contributed by atoms with Gasteiger partial charge in [-0.05, 0) is 77.8 Å². The fourth-order valence-electron chi connectivity index (χ4n) is 7.37. The molecule has 8 nitrogen and oxygen atoms in total. The third kappa shape index (κ3) is 5.11. The van der Waals surface area contributed by atoms with Crippen LogP contribution in [0, 0.1) is 29.1 Å². The molecule has 2 amide bonds. The summed E-state index contributed by atoms with van der Waals surface area (Å²) in [6.07, 6.45) is 0.647. The molecule has 4 fully saturated rings. The van der Waals surface area contributed by atoms with E-state index in [0.29, 0.717) is 35.3 Å². The van der Waals surface area contributed by atoms with Gasteiger partial charge in [-0.3, -0.25) is 14.4 Å². The Morgan fingerprint density at radius 2 is 1.85 bits per heavy atom. The van der Waals surface area contributed by atoms with Crippen LogP contribution in [0.15, 0.2) is 48.5 Å². The lowest BCUT2D eigenvalue weighted by molar-refractivity contribution is -0.183. The average Bonchev–Trinajstić information content (AvgIpc) is 3.28. The highest BCUT2D eigenvalue weighted by molar-refractivity contribution is 5.94. The van der Waals surface area contributed by atoms with Gasteiger partial charge in [-0.2, -0.15) is 5.06 Å². The zero-order chi connectivity index (χ0) is 28.1. The highest BCUT2D eigenvalue weighted by Gasteiger charge is 2.57. The van der Waals surface area contributed by atoms with Crippen molar-refractivity contribution >= 4 is 11.8 Å². The Kier molecular flexibility index (Phi) is 7.59. The van der Waals surface area contributed by atoms with Crippen LogP contribution in [0.25, 0.3) is 11.1 Å². The van der Waals surface area contributed by atoms with Crippen LogP contribution in [0.4, 0.5) is 0 Å². The van der Waals surface area contributed by atoms with Crippen molar-refractivity contribution in [3.8, 4) is 11.1 Å². The molecule has 8 atom stereocenters. The molecular formula is C31H41N3O5. The minimum absolute atomic E-state index is 0.0832. The average molecular weight is 536 g/mol. The van der Waals surface area contributed by atoms with Crippen LogP contribution in [0.3, 0.4) is 0 Å². The Balaban J connectivity index is 1.37. The quantitative estimate of drug-likeness (QED) is 0.412. The van der Waals surface area contributed by atoms with E-state index in [0.717, 1.165) is 23.1 Å². The topological polar surface area (TPSA) is 125 Å². The van der Waals surface area contributed by atoms with Gasteiger partial charge in [-0.25, -0.2) is 0 Å². The van der Waals surface area contributed by atoms with E-state index in [9.17, 15) is 19.8 Å². The smallest absolute Gasteiger partial charge is 0.248 e. The Bertz CT molecular complexity index is 1230. The van der Waals surface area contributed by atoms with Gasteiger partial charge < -0.3 is 21.3 Å². The van der Waals surface area contributed by atoms with Crippen LogP contribution in [-0.2, 0) is 16.2 Å². The number of carbonyl (C=O) groups excluding carboxylic acids is 2. The van der Waals surface area contributed by atoms with E-state index < -0.39 is 30.1 Å². The fraction of sp³-hybridized carbons (Fsp3) is 0.548. The fourth-order valence-corrected chi connectivity index (χ4v) is 7.37. The lowest BCUT2D eigenvalue weighted by atomic mass is 9.45. The van der Waals surface area contributed by atoms with Crippen LogP contribution < -0.4 is 11.1 Å². The third-order valence-corrected chi connectivity index (χ3v) is 9.81. The van der Waals surface area contributed by atoms with Gasteiger partial charge in [-0.15, -0.1) is 0 Å². The van der Waals surface area contributed by atoms with Gasteiger partial charge in [0.15, 0.2) is 0 Å². The molecule has 1 aliphatic heterocycles. The molecule has 3 aliphatic carbocycles. The molecule has 2 aromatic carbocycles. The van der Waals surface area contributed by atoms with Crippen molar-refractivity contribution < 1.29 is 24.6 Å². The van der Waals surface area contributed by atoms with Gasteiger partial charge in [0.2, 0.25) is 11.8 Å². The highest BCUT2D eigenvalue weighted by Crippen LogP contribution is 2.61. The summed E-state index contributed by atoms with van der Waals surface area (Å²) in [4.78, 5) is 31.6. The molecule has 39 heavy (non-hydrogen) atoms. The van der Waals surface area contributed by atoms with Gasteiger partial charge >= 0.3 is 0 Å². The van der Waals surface area contributed by atoms with Crippen molar-refractivity contribution in [2.24, 2.45) is 34.8 Å². The monoisotopic (exact) mass is 535 g/mol.